The van der Waals surface area contributed by atoms with E-state index in [1.54, 1.807) is 0 Å². The zero-order valence-electron chi connectivity index (χ0n) is 9.80. The number of methoxy groups -OCH3 is 2. The number of carbonyl (C=O) groups excluding carboxylic acids is 3. The van der Waals surface area contributed by atoms with Crippen LogP contribution in [0.4, 0.5) is 0 Å². The maximum atomic E-state index is 11.6. The van der Waals surface area contributed by atoms with Crippen LogP contribution in [-0.2, 0) is 23.9 Å². The Balaban J connectivity index is 3.14. The van der Waals surface area contributed by atoms with Crippen molar-refractivity contribution in [3.63, 3.8) is 0 Å². The third-order valence-electron chi connectivity index (χ3n) is 2.30. The monoisotopic (exact) mass is 239 g/mol. The van der Waals surface area contributed by atoms with Gasteiger partial charge in [0, 0.05) is 13.1 Å². The van der Waals surface area contributed by atoms with Crippen molar-refractivity contribution < 1.29 is 23.9 Å². The van der Waals surface area contributed by atoms with Crippen molar-refractivity contribution in [3.05, 3.63) is 23.9 Å². The molecule has 1 rings (SSSR count). The molecule has 1 aliphatic rings. The van der Waals surface area contributed by atoms with Crippen molar-refractivity contribution in [3.8, 4) is 0 Å². The van der Waals surface area contributed by atoms with E-state index in [9.17, 15) is 14.4 Å². The summed E-state index contributed by atoms with van der Waals surface area (Å²) < 4.78 is 9.14. The van der Waals surface area contributed by atoms with Crippen LogP contribution in [0, 0.1) is 0 Å². The van der Waals surface area contributed by atoms with Gasteiger partial charge in [-0.25, -0.2) is 9.59 Å². The van der Waals surface area contributed by atoms with E-state index in [2.05, 4.69) is 9.47 Å². The highest BCUT2D eigenvalue weighted by Gasteiger charge is 2.36. The normalized spacial score (nSPS) is 18.4. The lowest BCUT2D eigenvalue weighted by Crippen LogP contribution is -2.45. The number of rotatable bonds is 2. The summed E-state index contributed by atoms with van der Waals surface area (Å²) in [6, 6.07) is -1.09. The van der Waals surface area contributed by atoms with Gasteiger partial charge in [-0.15, -0.1) is 0 Å². The molecule has 1 aliphatic heterocycles. The fourth-order valence-corrected chi connectivity index (χ4v) is 1.50. The zero-order chi connectivity index (χ0) is 13.0. The minimum Gasteiger partial charge on any atom is -0.467 e. The quantitative estimate of drug-likeness (QED) is 0.634. The van der Waals surface area contributed by atoms with E-state index in [1.165, 1.54) is 39.5 Å². The van der Waals surface area contributed by atoms with Gasteiger partial charge >= 0.3 is 11.9 Å². The van der Waals surface area contributed by atoms with Crippen LogP contribution in [-0.4, -0.2) is 43.0 Å². The zero-order valence-corrected chi connectivity index (χ0v) is 9.80. The minimum atomic E-state index is -1.09. The Morgan fingerprint density at radius 1 is 1.24 bits per heavy atom. The Bertz CT molecular complexity index is 410. The molecule has 17 heavy (non-hydrogen) atoms. The highest BCUT2D eigenvalue weighted by molar-refractivity contribution is 6.00. The molecule has 6 heteroatoms. The summed E-state index contributed by atoms with van der Waals surface area (Å²) in [5.74, 6) is -1.73. The van der Waals surface area contributed by atoms with E-state index in [-0.39, 0.29) is 11.5 Å². The Kier molecular flexibility index (Phi) is 4.03. The molecule has 0 aromatic rings. The third kappa shape index (κ3) is 2.52. The molecule has 1 atom stereocenters. The summed E-state index contributed by atoms with van der Waals surface area (Å²) in [6.45, 7) is 1.29. The third-order valence-corrected chi connectivity index (χ3v) is 2.30. The molecule has 0 spiro atoms. The molecule has 0 fully saturated rings. The van der Waals surface area contributed by atoms with Gasteiger partial charge in [0.05, 0.1) is 19.8 Å². The predicted molar refractivity (Wildman–Crippen MR) is 57.6 cm³/mol. The van der Waals surface area contributed by atoms with Crippen LogP contribution in [0.3, 0.4) is 0 Å². The van der Waals surface area contributed by atoms with Crippen LogP contribution in [0.5, 0.6) is 0 Å². The van der Waals surface area contributed by atoms with Gasteiger partial charge in [0.1, 0.15) is 0 Å². The molecule has 0 aliphatic carbocycles. The first-order chi connectivity index (χ1) is 8.02. The number of esters is 2. The van der Waals surface area contributed by atoms with Gasteiger partial charge in [-0.2, -0.15) is 0 Å². The van der Waals surface area contributed by atoms with Crippen LogP contribution < -0.4 is 0 Å². The van der Waals surface area contributed by atoms with Crippen molar-refractivity contribution in [1.29, 1.82) is 0 Å². The minimum absolute atomic E-state index is 0.0667. The van der Waals surface area contributed by atoms with Gasteiger partial charge in [0.25, 0.3) is 0 Å². The first kappa shape index (κ1) is 13.0. The SMILES string of the molecule is COC(=O)C1=CC=CN(C(C)=O)C1C(=O)OC. The number of nitrogens with zero attached hydrogens (tertiary/aromatic N) is 1. The molecule has 0 aromatic carbocycles. The Hall–Kier alpha value is -2.11. The maximum absolute atomic E-state index is 11.6. The molecule has 1 amide bonds. The van der Waals surface area contributed by atoms with Crippen LogP contribution in [0.2, 0.25) is 0 Å². The second-order valence-electron chi connectivity index (χ2n) is 3.31. The molecule has 0 aromatic heterocycles. The second kappa shape index (κ2) is 5.29. The molecule has 1 unspecified atom stereocenters. The first-order valence-electron chi connectivity index (χ1n) is 4.86. The maximum Gasteiger partial charge on any atom is 0.336 e. The highest BCUT2D eigenvalue weighted by atomic mass is 16.5. The fourth-order valence-electron chi connectivity index (χ4n) is 1.50. The number of ether oxygens (including phenoxy) is 2. The Labute approximate surface area is 98.5 Å². The van der Waals surface area contributed by atoms with Gasteiger partial charge in [-0.3, -0.25) is 4.79 Å². The van der Waals surface area contributed by atoms with Crippen LogP contribution in [0.1, 0.15) is 6.92 Å². The van der Waals surface area contributed by atoms with E-state index >= 15 is 0 Å². The topological polar surface area (TPSA) is 72.9 Å². The summed E-state index contributed by atoms with van der Waals surface area (Å²) in [5, 5.41) is 0. The van der Waals surface area contributed by atoms with Gasteiger partial charge < -0.3 is 14.4 Å². The largest absolute Gasteiger partial charge is 0.467 e. The van der Waals surface area contributed by atoms with Crippen LogP contribution in [0.25, 0.3) is 0 Å². The molecule has 1 heterocycles. The van der Waals surface area contributed by atoms with Gasteiger partial charge in [0.2, 0.25) is 5.91 Å². The van der Waals surface area contributed by atoms with E-state index in [0.717, 1.165) is 4.90 Å². The second-order valence-corrected chi connectivity index (χ2v) is 3.31. The molecule has 0 saturated carbocycles. The lowest BCUT2D eigenvalue weighted by Gasteiger charge is -2.28. The van der Waals surface area contributed by atoms with Gasteiger partial charge in [0.15, 0.2) is 6.04 Å². The van der Waals surface area contributed by atoms with Crippen LogP contribution >= 0.6 is 0 Å². The van der Waals surface area contributed by atoms with E-state index in [4.69, 9.17) is 0 Å². The average Bonchev–Trinajstić information content (AvgIpc) is 2.35. The molecule has 0 saturated heterocycles. The summed E-state index contributed by atoms with van der Waals surface area (Å²) in [7, 11) is 2.39. The lowest BCUT2D eigenvalue weighted by atomic mass is 10.0. The van der Waals surface area contributed by atoms with Gasteiger partial charge in [-0.1, -0.05) is 0 Å². The molecule has 92 valence electrons. The molecular formula is C11H13NO5. The first-order valence-corrected chi connectivity index (χ1v) is 4.86. The molecule has 6 nitrogen and oxygen atoms in total. The van der Waals surface area contributed by atoms with Crippen molar-refractivity contribution in [2.75, 3.05) is 14.2 Å². The van der Waals surface area contributed by atoms with Crippen molar-refractivity contribution in [2.45, 2.75) is 13.0 Å². The predicted octanol–water partition coefficient (Wildman–Crippen LogP) is 0.00320. The van der Waals surface area contributed by atoms with E-state index in [0.29, 0.717) is 0 Å². The molecule has 0 radical (unpaired) electrons. The molecule has 0 bridgehead atoms. The van der Waals surface area contributed by atoms with Crippen molar-refractivity contribution in [2.24, 2.45) is 0 Å². The number of amides is 1. The lowest BCUT2D eigenvalue weighted by molar-refractivity contribution is -0.151. The van der Waals surface area contributed by atoms with Crippen molar-refractivity contribution >= 4 is 17.8 Å². The fraction of sp³-hybridized carbons (Fsp3) is 0.364. The summed E-state index contributed by atoms with van der Waals surface area (Å²) in [6.07, 6.45) is 4.33. The Morgan fingerprint density at radius 3 is 2.35 bits per heavy atom. The summed E-state index contributed by atoms with van der Waals surface area (Å²) >= 11 is 0. The number of allylic oxidation sites excluding steroid dienone is 2. The summed E-state index contributed by atoms with van der Waals surface area (Å²) in [5.41, 5.74) is 0.0667. The van der Waals surface area contributed by atoms with Gasteiger partial charge in [-0.05, 0) is 12.2 Å². The Morgan fingerprint density at radius 2 is 1.88 bits per heavy atom. The van der Waals surface area contributed by atoms with Crippen molar-refractivity contribution in [1.82, 2.24) is 4.90 Å². The average molecular weight is 239 g/mol. The van der Waals surface area contributed by atoms with E-state index < -0.39 is 18.0 Å². The number of hydrogen-bond donors (Lipinski definition) is 0. The standard InChI is InChI=1S/C11H13NO5/c1-7(13)12-6-4-5-8(10(14)16-2)9(12)11(15)17-3/h4-6,9H,1-3H3. The van der Waals surface area contributed by atoms with E-state index in [1.807, 2.05) is 0 Å². The highest BCUT2D eigenvalue weighted by Crippen LogP contribution is 2.19. The summed E-state index contributed by atoms with van der Waals surface area (Å²) in [4.78, 5) is 35.6. The number of hydrogen-bond acceptors (Lipinski definition) is 5. The molecule has 0 N–H and O–H groups in total. The van der Waals surface area contributed by atoms with Crippen LogP contribution in [0.15, 0.2) is 23.9 Å². The number of carbonyl (C=O) groups is 3. The smallest absolute Gasteiger partial charge is 0.336 e. The molecular weight excluding hydrogens is 226 g/mol.